The van der Waals surface area contributed by atoms with Gasteiger partial charge in [0.15, 0.2) is 5.78 Å². The summed E-state index contributed by atoms with van der Waals surface area (Å²) in [5.41, 5.74) is 2.05. The van der Waals surface area contributed by atoms with E-state index in [1.165, 1.54) is 13.8 Å². The summed E-state index contributed by atoms with van der Waals surface area (Å²) in [6.45, 7) is 3.06. The SMILES string of the molecule is CC(C)=O.O=C(C=Cc1ccccc1)C=Cc1ccccc1. The molecular formula is C20H20O2. The molecule has 0 amide bonds. The maximum absolute atomic E-state index is 11.6. The summed E-state index contributed by atoms with van der Waals surface area (Å²) < 4.78 is 0. The Morgan fingerprint density at radius 1 is 0.682 bits per heavy atom. The zero-order valence-electron chi connectivity index (χ0n) is 12.9. The van der Waals surface area contributed by atoms with Gasteiger partial charge >= 0.3 is 0 Å². The summed E-state index contributed by atoms with van der Waals surface area (Å²) in [6.07, 6.45) is 6.79. The first kappa shape index (κ1) is 17.3. The Labute approximate surface area is 131 Å². The molecule has 22 heavy (non-hydrogen) atoms. The van der Waals surface area contributed by atoms with Crippen LogP contribution < -0.4 is 0 Å². The topological polar surface area (TPSA) is 34.1 Å². The molecule has 0 spiro atoms. The summed E-state index contributed by atoms with van der Waals surface area (Å²) in [6, 6.07) is 19.6. The zero-order valence-corrected chi connectivity index (χ0v) is 12.9. The van der Waals surface area contributed by atoms with Crippen LogP contribution >= 0.6 is 0 Å². The number of carbonyl (C=O) groups is 2. The van der Waals surface area contributed by atoms with E-state index in [0.717, 1.165) is 11.1 Å². The normalized spacial score (nSPS) is 10.3. The van der Waals surface area contributed by atoms with Crippen LogP contribution in [-0.4, -0.2) is 11.6 Å². The Morgan fingerprint density at radius 3 is 1.32 bits per heavy atom. The number of ketones is 2. The van der Waals surface area contributed by atoms with E-state index in [0.29, 0.717) is 0 Å². The van der Waals surface area contributed by atoms with E-state index < -0.39 is 0 Å². The molecule has 0 aromatic heterocycles. The summed E-state index contributed by atoms with van der Waals surface area (Å²) in [5, 5.41) is 0. The van der Waals surface area contributed by atoms with Gasteiger partial charge in [-0.15, -0.1) is 0 Å². The number of benzene rings is 2. The average Bonchev–Trinajstić information content (AvgIpc) is 2.52. The molecule has 0 aliphatic carbocycles. The Morgan fingerprint density at radius 2 is 1.00 bits per heavy atom. The van der Waals surface area contributed by atoms with Gasteiger partial charge in [-0.3, -0.25) is 4.79 Å². The van der Waals surface area contributed by atoms with Gasteiger partial charge in [0, 0.05) is 0 Å². The highest BCUT2D eigenvalue weighted by atomic mass is 16.1. The number of hydrogen-bond donors (Lipinski definition) is 0. The van der Waals surface area contributed by atoms with E-state index in [1.54, 1.807) is 12.2 Å². The van der Waals surface area contributed by atoms with E-state index >= 15 is 0 Å². The monoisotopic (exact) mass is 292 g/mol. The van der Waals surface area contributed by atoms with Crippen molar-refractivity contribution >= 4 is 23.7 Å². The second-order valence-corrected chi connectivity index (χ2v) is 4.80. The van der Waals surface area contributed by atoms with Crippen LogP contribution in [0.1, 0.15) is 25.0 Å². The number of Topliss-reactive ketones (excluding diaryl/α,β-unsaturated/α-hetero) is 1. The maximum atomic E-state index is 11.6. The highest BCUT2D eigenvalue weighted by Crippen LogP contribution is 2.03. The van der Waals surface area contributed by atoms with Crippen LogP contribution in [0.15, 0.2) is 72.8 Å². The third-order valence-electron chi connectivity index (χ3n) is 2.48. The lowest BCUT2D eigenvalue weighted by Gasteiger charge is -1.91. The van der Waals surface area contributed by atoms with Gasteiger partial charge in [-0.05, 0) is 37.1 Å². The number of carbonyl (C=O) groups excluding carboxylic acids is 2. The molecule has 0 saturated heterocycles. The van der Waals surface area contributed by atoms with E-state index in [9.17, 15) is 9.59 Å². The van der Waals surface area contributed by atoms with Crippen LogP contribution in [0, 0.1) is 0 Å². The van der Waals surface area contributed by atoms with E-state index in [4.69, 9.17) is 0 Å². The second kappa shape index (κ2) is 10.1. The summed E-state index contributed by atoms with van der Waals surface area (Å²) >= 11 is 0. The lowest BCUT2D eigenvalue weighted by atomic mass is 10.1. The molecular weight excluding hydrogens is 272 g/mol. The van der Waals surface area contributed by atoms with Gasteiger partial charge in [-0.25, -0.2) is 0 Å². The molecule has 0 unspecified atom stereocenters. The van der Waals surface area contributed by atoms with Crippen molar-refractivity contribution in [1.82, 2.24) is 0 Å². The van der Waals surface area contributed by atoms with Crippen molar-refractivity contribution < 1.29 is 9.59 Å². The van der Waals surface area contributed by atoms with Gasteiger partial charge < -0.3 is 4.79 Å². The van der Waals surface area contributed by atoms with Gasteiger partial charge in [-0.1, -0.05) is 72.8 Å². The number of hydrogen-bond acceptors (Lipinski definition) is 2. The molecule has 2 aromatic carbocycles. The first-order valence-electron chi connectivity index (χ1n) is 7.05. The van der Waals surface area contributed by atoms with Crippen molar-refractivity contribution in [1.29, 1.82) is 0 Å². The van der Waals surface area contributed by atoms with Crippen LogP contribution in [0.25, 0.3) is 12.2 Å². The Hall–Kier alpha value is -2.74. The predicted molar refractivity (Wildman–Crippen MR) is 92.3 cm³/mol. The molecule has 0 bridgehead atoms. The van der Waals surface area contributed by atoms with Gasteiger partial charge in [-0.2, -0.15) is 0 Å². The molecule has 2 rings (SSSR count). The van der Waals surface area contributed by atoms with Gasteiger partial charge in [0.05, 0.1) is 0 Å². The standard InChI is InChI=1S/C17H14O.C3H6O/c18-17(13-11-15-7-3-1-4-8-15)14-12-16-9-5-2-6-10-16;1-3(2)4/h1-14H;1-2H3. The van der Waals surface area contributed by atoms with Gasteiger partial charge in [0.1, 0.15) is 5.78 Å². The van der Waals surface area contributed by atoms with Gasteiger partial charge in [0.2, 0.25) is 0 Å². The van der Waals surface area contributed by atoms with E-state index in [-0.39, 0.29) is 11.6 Å². The smallest absolute Gasteiger partial charge is 0.178 e. The maximum Gasteiger partial charge on any atom is 0.178 e. The first-order valence-corrected chi connectivity index (χ1v) is 7.05. The molecule has 0 saturated carbocycles. The van der Waals surface area contributed by atoms with Crippen LogP contribution in [0.3, 0.4) is 0 Å². The largest absolute Gasteiger partial charge is 0.300 e. The molecule has 0 fully saturated rings. The molecule has 0 aliphatic rings. The van der Waals surface area contributed by atoms with Gasteiger partial charge in [0.25, 0.3) is 0 Å². The molecule has 2 aromatic rings. The summed E-state index contributed by atoms with van der Waals surface area (Å²) in [7, 11) is 0. The van der Waals surface area contributed by atoms with Crippen LogP contribution in [-0.2, 0) is 9.59 Å². The fourth-order valence-corrected chi connectivity index (χ4v) is 1.54. The lowest BCUT2D eigenvalue weighted by molar-refractivity contribution is -0.115. The molecule has 0 aliphatic heterocycles. The third kappa shape index (κ3) is 8.43. The van der Waals surface area contributed by atoms with Crippen LogP contribution in [0.4, 0.5) is 0 Å². The Kier molecular flexibility index (Phi) is 7.91. The number of allylic oxidation sites excluding steroid dienone is 2. The molecule has 2 nitrogen and oxygen atoms in total. The van der Waals surface area contributed by atoms with Crippen molar-refractivity contribution in [2.75, 3.05) is 0 Å². The number of rotatable bonds is 4. The van der Waals surface area contributed by atoms with Crippen molar-refractivity contribution in [3.63, 3.8) is 0 Å². The van der Waals surface area contributed by atoms with Crippen molar-refractivity contribution in [2.24, 2.45) is 0 Å². The minimum Gasteiger partial charge on any atom is -0.300 e. The molecule has 0 heterocycles. The highest BCUT2D eigenvalue weighted by Gasteiger charge is 1.90. The van der Waals surface area contributed by atoms with E-state index in [1.807, 2.05) is 72.8 Å². The Bertz CT molecular complexity index is 582. The molecule has 0 radical (unpaired) electrons. The fourth-order valence-electron chi connectivity index (χ4n) is 1.54. The predicted octanol–water partition coefficient (Wildman–Crippen LogP) is 4.58. The fraction of sp³-hybridized carbons (Fsp3) is 0.100. The highest BCUT2D eigenvalue weighted by molar-refractivity contribution is 6.04. The molecule has 2 heteroatoms. The van der Waals surface area contributed by atoms with Crippen LogP contribution in [0.2, 0.25) is 0 Å². The summed E-state index contributed by atoms with van der Waals surface area (Å²) in [5.74, 6) is 0.155. The first-order chi connectivity index (χ1) is 10.6. The molecule has 0 N–H and O–H groups in total. The summed E-state index contributed by atoms with van der Waals surface area (Å²) in [4.78, 5) is 21.1. The van der Waals surface area contributed by atoms with Crippen molar-refractivity contribution in [3.8, 4) is 0 Å². The van der Waals surface area contributed by atoms with E-state index in [2.05, 4.69) is 0 Å². The van der Waals surface area contributed by atoms with Crippen molar-refractivity contribution in [2.45, 2.75) is 13.8 Å². The second-order valence-electron chi connectivity index (χ2n) is 4.80. The Balaban J connectivity index is 0.000000541. The minimum absolute atomic E-state index is 0.0114. The minimum atomic E-state index is -0.0114. The average molecular weight is 292 g/mol. The molecule has 0 atom stereocenters. The quantitative estimate of drug-likeness (QED) is 0.773. The third-order valence-corrected chi connectivity index (χ3v) is 2.48. The molecule has 112 valence electrons. The lowest BCUT2D eigenvalue weighted by Crippen LogP contribution is -1.84. The zero-order chi connectivity index (χ0) is 16.2. The van der Waals surface area contributed by atoms with Crippen molar-refractivity contribution in [3.05, 3.63) is 83.9 Å². The van der Waals surface area contributed by atoms with Crippen LogP contribution in [0.5, 0.6) is 0 Å².